The van der Waals surface area contributed by atoms with Crippen molar-refractivity contribution in [1.29, 1.82) is 0 Å². The number of imidazole rings is 1. The number of aryl methyl sites for hydroxylation is 2. The van der Waals surface area contributed by atoms with Crippen molar-refractivity contribution >= 4 is 32.7 Å². The summed E-state index contributed by atoms with van der Waals surface area (Å²) in [5.74, 6) is 1.31. The number of hydrogen-bond acceptors (Lipinski definition) is 6. The average Bonchev–Trinajstić information content (AvgIpc) is 3.13. The van der Waals surface area contributed by atoms with Crippen LogP contribution in [0.1, 0.15) is 12.2 Å². The number of sulfonamides is 1. The first-order chi connectivity index (χ1) is 15.4. The van der Waals surface area contributed by atoms with Crippen LogP contribution >= 0.6 is 0 Å². The van der Waals surface area contributed by atoms with Crippen molar-refractivity contribution in [2.75, 3.05) is 38.7 Å². The van der Waals surface area contributed by atoms with Gasteiger partial charge in [0.15, 0.2) is 0 Å². The smallest absolute Gasteiger partial charge is 0.243 e. The number of rotatable bonds is 7. The number of nitrogens with one attached hydrogen (secondary N) is 1. The van der Waals surface area contributed by atoms with E-state index in [1.165, 1.54) is 4.31 Å². The van der Waals surface area contributed by atoms with Crippen LogP contribution < -0.4 is 10.1 Å². The van der Waals surface area contributed by atoms with Crippen molar-refractivity contribution in [3.63, 3.8) is 0 Å². The van der Waals surface area contributed by atoms with Crippen LogP contribution in [0, 0.1) is 0 Å². The van der Waals surface area contributed by atoms with Crippen LogP contribution in [-0.2, 0) is 33.0 Å². The van der Waals surface area contributed by atoms with Crippen LogP contribution in [0.2, 0.25) is 0 Å². The Morgan fingerprint density at radius 2 is 1.88 bits per heavy atom. The number of methoxy groups -OCH3 is 1. The van der Waals surface area contributed by atoms with Crippen LogP contribution in [0.25, 0.3) is 11.0 Å². The third-order valence-corrected chi connectivity index (χ3v) is 7.40. The van der Waals surface area contributed by atoms with E-state index in [-0.39, 0.29) is 17.2 Å². The molecule has 1 fully saturated rings. The Morgan fingerprint density at radius 1 is 1.16 bits per heavy atom. The second-order valence-electron chi connectivity index (χ2n) is 7.53. The molecular formula is C22H26N4O5S. The molecule has 1 N–H and O–H groups in total. The van der Waals surface area contributed by atoms with E-state index in [9.17, 15) is 13.2 Å². The lowest BCUT2D eigenvalue weighted by Gasteiger charge is -2.26. The summed E-state index contributed by atoms with van der Waals surface area (Å²) < 4.78 is 39.5. The molecule has 0 radical (unpaired) electrons. The molecule has 3 aromatic rings. The topological polar surface area (TPSA) is 103 Å². The molecule has 0 spiro atoms. The maximum atomic E-state index is 12.9. The van der Waals surface area contributed by atoms with Gasteiger partial charge in [-0.3, -0.25) is 4.79 Å². The number of morpholine rings is 1. The van der Waals surface area contributed by atoms with Gasteiger partial charge in [-0.15, -0.1) is 0 Å². The van der Waals surface area contributed by atoms with Gasteiger partial charge in [0.25, 0.3) is 0 Å². The number of amides is 1. The molecule has 1 aromatic heterocycles. The van der Waals surface area contributed by atoms with Gasteiger partial charge in [0.05, 0.1) is 36.3 Å². The van der Waals surface area contributed by atoms with Gasteiger partial charge in [-0.1, -0.05) is 0 Å². The normalized spacial score (nSPS) is 15.1. The first kappa shape index (κ1) is 22.3. The monoisotopic (exact) mass is 458 g/mol. The number of carbonyl (C=O) groups is 1. The van der Waals surface area contributed by atoms with Crippen LogP contribution in [0.5, 0.6) is 5.75 Å². The minimum atomic E-state index is -3.59. The molecule has 2 aromatic carbocycles. The lowest BCUT2D eigenvalue weighted by Crippen LogP contribution is -2.40. The zero-order chi connectivity index (χ0) is 22.7. The van der Waals surface area contributed by atoms with Crippen LogP contribution in [-0.4, -0.2) is 61.6 Å². The summed E-state index contributed by atoms with van der Waals surface area (Å²) in [5, 5.41) is 2.86. The molecule has 32 heavy (non-hydrogen) atoms. The maximum Gasteiger partial charge on any atom is 0.243 e. The number of nitrogens with zero attached hydrogens (tertiary/aromatic N) is 3. The van der Waals surface area contributed by atoms with Crippen molar-refractivity contribution in [2.45, 2.75) is 17.7 Å². The van der Waals surface area contributed by atoms with Gasteiger partial charge in [-0.25, -0.2) is 13.4 Å². The molecule has 0 unspecified atom stereocenters. The third-order valence-electron chi connectivity index (χ3n) is 5.50. The van der Waals surface area contributed by atoms with Gasteiger partial charge in [0.2, 0.25) is 15.9 Å². The number of carbonyl (C=O) groups excluding carboxylic acids is 1. The number of ether oxygens (including phenoxy) is 2. The van der Waals surface area contributed by atoms with Crippen molar-refractivity contribution in [3.05, 3.63) is 48.3 Å². The Bertz CT molecular complexity index is 1220. The fraction of sp³-hybridized carbons (Fsp3) is 0.364. The Kier molecular flexibility index (Phi) is 6.45. The zero-order valence-corrected chi connectivity index (χ0v) is 18.9. The maximum absolute atomic E-state index is 12.9. The predicted molar refractivity (Wildman–Crippen MR) is 120 cm³/mol. The van der Waals surface area contributed by atoms with Gasteiger partial charge in [0.1, 0.15) is 11.6 Å². The second-order valence-corrected chi connectivity index (χ2v) is 9.47. The Labute approximate surface area is 187 Å². The van der Waals surface area contributed by atoms with E-state index in [0.29, 0.717) is 49.8 Å². The first-order valence-corrected chi connectivity index (χ1v) is 11.8. The number of aromatic nitrogens is 2. The molecule has 1 amide bonds. The van der Waals surface area contributed by atoms with Crippen molar-refractivity contribution in [3.8, 4) is 5.75 Å². The molecule has 2 heterocycles. The minimum Gasteiger partial charge on any atom is -0.497 e. The van der Waals surface area contributed by atoms with Gasteiger partial charge in [-0.05, 0) is 42.5 Å². The predicted octanol–water partition coefficient (Wildman–Crippen LogP) is 2.17. The van der Waals surface area contributed by atoms with Crippen LogP contribution in [0.3, 0.4) is 0 Å². The van der Waals surface area contributed by atoms with Crippen molar-refractivity contribution in [1.82, 2.24) is 13.9 Å². The molecule has 0 saturated carbocycles. The highest BCUT2D eigenvalue weighted by atomic mass is 32.2. The van der Waals surface area contributed by atoms with Gasteiger partial charge in [0, 0.05) is 38.7 Å². The highest BCUT2D eigenvalue weighted by Gasteiger charge is 2.27. The first-order valence-electron chi connectivity index (χ1n) is 10.4. The summed E-state index contributed by atoms with van der Waals surface area (Å²) >= 11 is 0. The fourth-order valence-electron chi connectivity index (χ4n) is 3.67. The highest BCUT2D eigenvalue weighted by molar-refractivity contribution is 7.89. The average molecular weight is 459 g/mol. The van der Waals surface area contributed by atoms with Crippen molar-refractivity contribution in [2.24, 2.45) is 7.05 Å². The lowest BCUT2D eigenvalue weighted by atomic mass is 10.2. The number of benzene rings is 2. The zero-order valence-electron chi connectivity index (χ0n) is 18.1. The molecule has 1 saturated heterocycles. The van der Waals surface area contributed by atoms with E-state index in [4.69, 9.17) is 9.47 Å². The fourth-order valence-corrected chi connectivity index (χ4v) is 5.10. The molecule has 4 rings (SSSR count). The summed E-state index contributed by atoms with van der Waals surface area (Å²) in [4.78, 5) is 17.2. The quantitative estimate of drug-likeness (QED) is 0.582. The summed E-state index contributed by atoms with van der Waals surface area (Å²) in [5.41, 5.74) is 2.10. The molecule has 10 heteroatoms. The molecule has 170 valence electrons. The number of anilines is 1. The second kappa shape index (κ2) is 9.27. The number of fused-ring (bicyclic) bond motifs is 1. The molecule has 0 aliphatic carbocycles. The largest absolute Gasteiger partial charge is 0.497 e. The third kappa shape index (κ3) is 4.62. The van der Waals surface area contributed by atoms with E-state index in [2.05, 4.69) is 10.3 Å². The molecule has 1 aliphatic rings. The SMILES string of the molecule is COc1ccc(NC(=O)CCc2nc3cc(S(=O)(=O)N4CCOCC4)ccc3n2C)cc1. The summed E-state index contributed by atoms with van der Waals surface area (Å²) in [6.45, 7) is 1.48. The molecule has 9 nitrogen and oxygen atoms in total. The summed E-state index contributed by atoms with van der Waals surface area (Å²) in [6, 6.07) is 12.1. The Balaban J connectivity index is 1.46. The van der Waals surface area contributed by atoms with Gasteiger partial charge < -0.3 is 19.4 Å². The standard InChI is InChI=1S/C22H26N4O5S/c1-25-20-8-7-18(32(28,29)26-11-13-31-14-12-26)15-19(20)24-21(25)9-10-22(27)23-16-3-5-17(30-2)6-4-16/h3-8,15H,9-14H2,1-2H3,(H,23,27). The Morgan fingerprint density at radius 3 is 2.56 bits per heavy atom. The van der Waals surface area contributed by atoms with E-state index in [1.54, 1.807) is 49.6 Å². The molecule has 0 bridgehead atoms. The van der Waals surface area contributed by atoms with Gasteiger partial charge >= 0.3 is 0 Å². The van der Waals surface area contributed by atoms with E-state index in [0.717, 1.165) is 11.3 Å². The molecule has 0 atom stereocenters. The lowest BCUT2D eigenvalue weighted by molar-refractivity contribution is -0.116. The highest BCUT2D eigenvalue weighted by Crippen LogP contribution is 2.23. The molecular weight excluding hydrogens is 432 g/mol. The van der Waals surface area contributed by atoms with E-state index >= 15 is 0 Å². The van der Waals surface area contributed by atoms with Crippen LogP contribution in [0.15, 0.2) is 47.4 Å². The van der Waals surface area contributed by atoms with E-state index in [1.807, 2.05) is 11.6 Å². The van der Waals surface area contributed by atoms with E-state index < -0.39 is 10.0 Å². The van der Waals surface area contributed by atoms with Crippen molar-refractivity contribution < 1.29 is 22.7 Å². The minimum absolute atomic E-state index is 0.127. The molecule has 1 aliphatic heterocycles. The summed E-state index contributed by atoms with van der Waals surface area (Å²) in [7, 11) is -0.139. The number of hydrogen-bond donors (Lipinski definition) is 1. The Hall–Kier alpha value is -2.95. The van der Waals surface area contributed by atoms with Gasteiger partial charge in [-0.2, -0.15) is 4.31 Å². The van der Waals surface area contributed by atoms with Crippen LogP contribution in [0.4, 0.5) is 5.69 Å². The summed E-state index contributed by atoms with van der Waals surface area (Å²) in [6.07, 6.45) is 0.681.